The molecule has 0 unspecified atom stereocenters. The van der Waals surface area contributed by atoms with Crippen LogP contribution in [0.1, 0.15) is 11.3 Å². The summed E-state index contributed by atoms with van der Waals surface area (Å²) in [6.45, 7) is 1.88. The zero-order chi connectivity index (χ0) is 18.1. The van der Waals surface area contributed by atoms with Gasteiger partial charge < -0.3 is 0 Å². The number of nitrogens with one attached hydrogen (secondary N) is 1. The zero-order valence-electron chi connectivity index (χ0n) is 13.6. The standard InChI is InChI=1S/C18H13Cl2N5S/c1-11-14(17(20)25(24-11)13-6-4-5-12(19)9-13)10-21-23-18-22-15-7-2-3-8-16(15)26-18/h2-10H,1H3,(H,22,23)/b21-10+. The molecule has 4 aromatic rings. The summed E-state index contributed by atoms with van der Waals surface area (Å²) in [6, 6.07) is 15.3. The molecule has 0 fully saturated rings. The molecule has 8 heteroatoms. The van der Waals surface area contributed by atoms with Crippen LogP contribution in [0.25, 0.3) is 15.9 Å². The lowest BCUT2D eigenvalue weighted by molar-refractivity contribution is 0.863. The largest absolute Gasteiger partial charge is 0.253 e. The van der Waals surface area contributed by atoms with Crippen LogP contribution < -0.4 is 5.43 Å². The minimum atomic E-state index is 0.472. The second kappa shape index (κ2) is 7.07. The van der Waals surface area contributed by atoms with Gasteiger partial charge in [-0.15, -0.1) is 0 Å². The SMILES string of the molecule is Cc1nn(-c2cccc(Cl)c2)c(Cl)c1/C=N/Nc1nc2ccccc2s1. The summed E-state index contributed by atoms with van der Waals surface area (Å²) in [4.78, 5) is 4.48. The van der Waals surface area contributed by atoms with Crippen molar-refractivity contribution >= 4 is 56.1 Å². The van der Waals surface area contributed by atoms with E-state index in [1.54, 1.807) is 34.4 Å². The van der Waals surface area contributed by atoms with Gasteiger partial charge in [-0.05, 0) is 37.3 Å². The molecule has 0 radical (unpaired) electrons. The van der Waals surface area contributed by atoms with Crippen molar-refractivity contribution in [1.82, 2.24) is 14.8 Å². The highest BCUT2D eigenvalue weighted by Crippen LogP contribution is 2.26. The third kappa shape index (κ3) is 3.31. The van der Waals surface area contributed by atoms with Crippen LogP contribution in [-0.4, -0.2) is 21.0 Å². The molecule has 2 aromatic carbocycles. The topological polar surface area (TPSA) is 55.1 Å². The highest BCUT2D eigenvalue weighted by atomic mass is 35.5. The molecule has 0 saturated carbocycles. The number of benzene rings is 2. The molecule has 0 amide bonds. The molecule has 26 heavy (non-hydrogen) atoms. The van der Waals surface area contributed by atoms with Crippen LogP contribution in [0.2, 0.25) is 10.2 Å². The maximum Gasteiger partial charge on any atom is 0.204 e. The van der Waals surface area contributed by atoms with Crippen molar-refractivity contribution in [2.45, 2.75) is 6.92 Å². The molecule has 130 valence electrons. The first-order chi connectivity index (χ1) is 12.6. The molecule has 5 nitrogen and oxygen atoms in total. The molecule has 4 rings (SSSR count). The molecular weight excluding hydrogens is 389 g/mol. The normalized spacial score (nSPS) is 11.5. The fraction of sp³-hybridized carbons (Fsp3) is 0.0556. The number of hydrogen-bond donors (Lipinski definition) is 1. The molecule has 0 saturated heterocycles. The predicted octanol–water partition coefficient (Wildman–Crippen LogP) is 5.54. The van der Waals surface area contributed by atoms with E-state index in [0.29, 0.717) is 10.2 Å². The summed E-state index contributed by atoms with van der Waals surface area (Å²) in [5.74, 6) is 0. The highest BCUT2D eigenvalue weighted by Gasteiger charge is 2.13. The number of aromatic nitrogens is 3. The molecule has 0 aliphatic heterocycles. The molecule has 0 atom stereocenters. The van der Waals surface area contributed by atoms with Crippen LogP contribution >= 0.6 is 34.5 Å². The second-order valence-corrected chi connectivity index (χ2v) is 7.36. The van der Waals surface area contributed by atoms with E-state index in [9.17, 15) is 0 Å². The summed E-state index contributed by atoms with van der Waals surface area (Å²) in [5, 5.41) is 10.6. The number of anilines is 1. The summed E-state index contributed by atoms with van der Waals surface area (Å²) in [6.07, 6.45) is 1.65. The molecule has 0 aliphatic rings. The Kier molecular flexibility index (Phi) is 4.63. The number of hydrazone groups is 1. The van der Waals surface area contributed by atoms with Crippen LogP contribution in [0.3, 0.4) is 0 Å². The average Bonchev–Trinajstić information content (AvgIpc) is 3.17. The maximum atomic E-state index is 6.49. The number of hydrogen-bond acceptors (Lipinski definition) is 5. The fourth-order valence-electron chi connectivity index (χ4n) is 2.51. The van der Waals surface area contributed by atoms with Gasteiger partial charge in [0.2, 0.25) is 5.13 Å². The lowest BCUT2D eigenvalue weighted by atomic mass is 10.3. The fourth-order valence-corrected chi connectivity index (χ4v) is 3.83. The van der Waals surface area contributed by atoms with E-state index in [1.165, 1.54) is 0 Å². The van der Waals surface area contributed by atoms with E-state index in [0.717, 1.165) is 32.3 Å². The molecule has 0 bridgehead atoms. The van der Waals surface area contributed by atoms with E-state index in [1.807, 2.05) is 43.3 Å². The van der Waals surface area contributed by atoms with Crippen molar-refractivity contribution in [1.29, 1.82) is 0 Å². The van der Waals surface area contributed by atoms with E-state index in [-0.39, 0.29) is 0 Å². The van der Waals surface area contributed by atoms with Gasteiger partial charge in [-0.25, -0.2) is 9.67 Å². The number of para-hydroxylation sites is 1. The van der Waals surface area contributed by atoms with Crippen molar-refractivity contribution < 1.29 is 0 Å². The Morgan fingerprint density at radius 1 is 1.15 bits per heavy atom. The molecule has 2 heterocycles. The smallest absolute Gasteiger partial charge is 0.204 e. The quantitative estimate of drug-likeness (QED) is 0.360. The number of thiazole rings is 1. The van der Waals surface area contributed by atoms with Gasteiger partial charge in [0.25, 0.3) is 0 Å². The van der Waals surface area contributed by atoms with Crippen LogP contribution in [0.4, 0.5) is 5.13 Å². The van der Waals surface area contributed by atoms with Gasteiger partial charge in [0.05, 0.1) is 33.4 Å². The lowest BCUT2D eigenvalue weighted by Gasteiger charge is -2.03. The Hall–Kier alpha value is -2.41. The minimum Gasteiger partial charge on any atom is -0.253 e. The average molecular weight is 402 g/mol. The summed E-state index contributed by atoms with van der Waals surface area (Å²) >= 11 is 14.1. The number of aryl methyl sites for hydroxylation is 1. The third-order valence-corrected chi connectivity index (χ3v) is 5.29. The molecule has 0 aliphatic carbocycles. The number of rotatable bonds is 4. The van der Waals surface area contributed by atoms with Gasteiger partial charge in [-0.2, -0.15) is 10.2 Å². The molecule has 2 aromatic heterocycles. The van der Waals surface area contributed by atoms with E-state index >= 15 is 0 Å². The molecule has 1 N–H and O–H groups in total. The van der Waals surface area contributed by atoms with Crippen molar-refractivity contribution in [3.63, 3.8) is 0 Å². The summed E-state index contributed by atoms with van der Waals surface area (Å²) in [5.41, 5.74) is 6.20. The summed E-state index contributed by atoms with van der Waals surface area (Å²) in [7, 11) is 0. The van der Waals surface area contributed by atoms with Gasteiger partial charge in [-0.1, -0.05) is 52.7 Å². The van der Waals surface area contributed by atoms with Crippen LogP contribution in [0.5, 0.6) is 0 Å². The van der Waals surface area contributed by atoms with Gasteiger partial charge in [-0.3, -0.25) is 5.43 Å². The number of halogens is 2. The first kappa shape index (κ1) is 17.0. The lowest BCUT2D eigenvalue weighted by Crippen LogP contribution is -1.96. The van der Waals surface area contributed by atoms with Crippen molar-refractivity contribution in [2.24, 2.45) is 5.10 Å². The Morgan fingerprint density at radius 3 is 2.81 bits per heavy atom. The van der Waals surface area contributed by atoms with E-state index < -0.39 is 0 Å². The summed E-state index contributed by atoms with van der Waals surface area (Å²) < 4.78 is 2.75. The van der Waals surface area contributed by atoms with Crippen molar-refractivity contribution in [3.05, 3.63) is 70.0 Å². The van der Waals surface area contributed by atoms with E-state index in [2.05, 4.69) is 20.6 Å². The molecule has 0 spiro atoms. The monoisotopic (exact) mass is 401 g/mol. The van der Waals surface area contributed by atoms with Gasteiger partial charge in [0, 0.05) is 5.02 Å². The Labute approximate surface area is 163 Å². The predicted molar refractivity (Wildman–Crippen MR) is 109 cm³/mol. The van der Waals surface area contributed by atoms with Crippen LogP contribution in [0.15, 0.2) is 53.6 Å². The van der Waals surface area contributed by atoms with Crippen LogP contribution in [-0.2, 0) is 0 Å². The Bertz CT molecular complexity index is 1080. The second-order valence-electron chi connectivity index (χ2n) is 5.54. The van der Waals surface area contributed by atoms with Crippen molar-refractivity contribution in [3.8, 4) is 5.69 Å². The Balaban J connectivity index is 1.59. The molecular formula is C18H13Cl2N5S. The van der Waals surface area contributed by atoms with Gasteiger partial charge in [0.1, 0.15) is 5.15 Å². The third-order valence-electron chi connectivity index (χ3n) is 3.75. The first-order valence-corrected chi connectivity index (χ1v) is 9.35. The zero-order valence-corrected chi connectivity index (χ0v) is 16.0. The first-order valence-electron chi connectivity index (χ1n) is 7.77. The van der Waals surface area contributed by atoms with Gasteiger partial charge in [0.15, 0.2) is 0 Å². The Morgan fingerprint density at radius 2 is 2.00 bits per heavy atom. The van der Waals surface area contributed by atoms with E-state index in [4.69, 9.17) is 23.2 Å². The number of nitrogens with zero attached hydrogens (tertiary/aromatic N) is 4. The minimum absolute atomic E-state index is 0.472. The van der Waals surface area contributed by atoms with Crippen LogP contribution in [0, 0.1) is 6.92 Å². The number of fused-ring (bicyclic) bond motifs is 1. The van der Waals surface area contributed by atoms with Crippen molar-refractivity contribution in [2.75, 3.05) is 5.43 Å². The van der Waals surface area contributed by atoms with Gasteiger partial charge >= 0.3 is 0 Å². The highest BCUT2D eigenvalue weighted by molar-refractivity contribution is 7.22. The maximum absolute atomic E-state index is 6.49.